The number of aromatic nitrogens is 3. The van der Waals surface area contributed by atoms with E-state index < -0.39 is 5.91 Å². The third kappa shape index (κ3) is 6.68. The minimum absolute atomic E-state index is 0.273. The van der Waals surface area contributed by atoms with Gasteiger partial charge in [-0.05, 0) is 45.1 Å². The summed E-state index contributed by atoms with van der Waals surface area (Å²) in [7, 11) is 11.1. The molecule has 0 radical (unpaired) electrons. The lowest BCUT2D eigenvalue weighted by Crippen LogP contribution is -2.45. The lowest BCUT2D eigenvalue weighted by molar-refractivity contribution is -0.124. The van der Waals surface area contributed by atoms with Gasteiger partial charge in [0.2, 0.25) is 17.8 Å². The lowest BCUT2D eigenvalue weighted by atomic mass is 10.0. The second kappa shape index (κ2) is 13.2. The van der Waals surface area contributed by atoms with Crippen LogP contribution in [0, 0.1) is 0 Å². The molecular formula is C33H40N8O3. The van der Waals surface area contributed by atoms with E-state index in [1.54, 1.807) is 27.4 Å². The Morgan fingerprint density at radius 3 is 2.61 bits per heavy atom. The maximum atomic E-state index is 13.0. The molecule has 2 amide bonds. The largest absolute Gasteiger partial charge is 0.494 e. The number of anilines is 4. The summed E-state index contributed by atoms with van der Waals surface area (Å²) in [5.41, 5.74) is 4.92. The average Bonchev–Trinajstić information content (AvgIpc) is 3.36. The SMILES string of the molecule is COc1cc(N2CCCC(N(C)C)C2)c(NC(=O)/C=C/C(=O)N(C)C)cc1Nc1nccc(-c2cn(C)c3ccccc23)n1. The third-order valence-corrected chi connectivity index (χ3v) is 7.94. The van der Waals surface area contributed by atoms with Crippen LogP contribution < -0.4 is 20.3 Å². The van der Waals surface area contributed by atoms with Crippen LogP contribution in [-0.2, 0) is 16.6 Å². The third-order valence-electron chi connectivity index (χ3n) is 7.94. The number of amides is 2. The maximum Gasteiger partial charge on any atom is 0.248 e. The first-order valence-corrected chi connectivity index (χ1v) is 14.6. The number of methoxy groups -OCH3 is 1. The number of ether oxygens (including phenoxy) is 1. The van der Waals surface area contributed by atoms with Crippen molar-refractivity contribution in [1.29, 1.82) is 0 Å². The number of benzene rings is 2. The van der Waals surface area contributed by atoms with Gasteiger partial charge in [-0.25, -0.2) is 9.97 Å². The van der Waals surface area contributed by atoms with Gasteiger partial charge in [0.05, 0.1) is 29.9 Å². The summed E-state index contributed by atoms with van der Waals surface area (Å²) < 4.78 is 7.91. The van der Waals surface area contributed by atoms with E-state index in [-0.39, 0.29) is 5.91 Å². The Hall–Kier alpha value is -4.90. The van der Waals surface area contributed by atoms with E-state index in [2.05, 4.69) is 62.4 Å². The molecule has 44 heavy (non-hydrogen) atoms. The van der Waals surface area contributed by atoms with Crippen LogP contribution in [0.25, 0.3) is 22.2 Å². The first-order valence-electron chi connectivity index (χ1n) is 14.6. The van der Waals surface area contributed by atoms with Gasteiger partial charge in [0, 0.05) is 87.4 Å². The van der Waals surface area contributed by atoms with Gasteiger partial charge in [0.25, 0.3) is 0 Å². The number of fused-ring (bicyclic) bond motifs is 1. The molecule has 0 saturated carbocycles. The molecule has 1 aliphatic rings. The lowest BCUT2D eigenvalue weighted by Gasteiger charge is -2.38. The standard InChI is InChI=1S/C33H40N8O3/c1-38(2)22-10-9-17-41(20-22)29-19-30(44-6)27(18-26(29)35-31(42)13-14-32(43)39(3)4)37-33-34-16-15-25(36-33)24-21-40(5)28-12-8-7-11-23(24)28/h7-8,11-16,18-19,21-22H,9-10,17,20H2,1-6H3,(H,35,42)(H,34,36,37)/b14-13+. The zero-order valence-electron chi connectivity index (χ0n) is 26.2. The molecule has 1 atom stereocenters. The summed E-state index contributed by atoms with van der Waals surface area (Å²) in [5, 5.41) is 7.41. The van der Waals surface area contributed by atoms with Crippen molar-refractivity contribution in [3.63, 3.8) is 0 Å². The highest BCUT2D eigenvalue weighted by Gasteiger charge is 2.25. The second-order valence-corrected chi connectivity index (χ2v) is 11.4. The van der Waals surface area contributed by atoms with Crippen molar-refractivity contribution in [2.45, 2.75) is 18.9 Å². The molecule has 1 fully saturated rings. The predicted molar refractivity (Wildman–Crippen MR) is 176 cm³/mol. The zero-order chi connectivity index (χ0) is 31.4. The maximum absolute atomic E-state index is 13.0. The number of carbonyl (C=O) groups excluding carboxylic acids is 2. The van der Waals surface area contributed by atoms with Crippen molar-refractivity contribution in [2.24, 2.45) is 7.05 Å². The number of nitrogens with one attached hydrogen (secondary N) is 2. The average molecular weight is 597 g/mol. The first-order chi connectivity index (χ1) is 21.1. The summed E-state index contributed by atoms with van der Waals surface area (Å²) in [6, 6.07) is 14.2. The van der Waals surface area contributed by atoms with Gasteiger partial charge in [-0.1, -0.05) is 18.2 Å². The molecule has 3 heterocycles. The van der Waals surface area contributed by atoms with Crippen LogP contribution >= 0.6 is 0 Å². The number of hydrogen-bond donors (Lipinski definition) is 2. The van der Waals surface area contributed by atoms with Crippen LogP contribution in [-0.4, -0.2) is 90.6 Å². The van der Waals surface area contributed by atoms with Gasteiger partial charge >= 0.3 is 0 Å². The second-order valence-electron chi connectivity index (χ2n) is 11.4. The van der Waals surface area contributed by atoms with Gasteiger partial charge in [-0.2, -0.15) is 0 Å². The van der Waals surface area contributed by atoms with E-state index in [0.717, 1.165) is 53.8 Å². The first kappa shape index (κ1) is 30.6. The topological polar surface area (TPSA) is 108 Å². The number of hydrogen-bond acceptors (Lipinski definition) is 8. The van der Waals surface area contributed by atoms with E-state index in [4.69, 9.17) is 9.72 Å². The molecule has 5 rings (SSSR count). The van der Waals surface area contributed by atoms with Gasteiger partial charge in [-0.3, -0.25) is 9.59 Å². The summed E-state index contributed by atoms with van der Waals surface area (Å²) in [4.78, 5) is 40.3. The highest BCUT2D eigenvalue weighted by atomic mass is 16.5. The van der Waals surface area contributed by atoms with Crippen molar-refractivity contribution >= 4 is 45.7 Å². The van der Waals surface area contributed by atoms with Crippen molar-refractivity contribution in [3.8, 4) is 17.0 Å². The van der Waals surface area contributed by atoms with Gasteiger partial charge in [0.1, 0.15) is 5.75 Å². The molecule has 0 bridgehead atoms. The van der Waals surface area contributed by atoms with Crippen molar-refractivity contribution in [3.05, 3.63) is 67.0 Å². The monoisotopic (exact) mass is 596 g/mol. The van der Waals surface area contributed by atoms with Gasteiger partial charge in [-0.15, -0.1) is 0 Å². The molecule has 11 nitrogen and oxygen atoms in total. The van der Waals surface area contributed by atoms with E-state index in [0.29, 0.717) is 29.1 Å². The van der Waals surface area contributed by atoms with Crippen LogP contribution in [0.5, 0.6) is 5.75 Å². The number of aryl methyl sites for hydroxylation is 1. The quantitative estimate of drug-likeness (QED) is 0.272. The Morgan fingerprint density at radius 1 is 1.07 bits per heavy atom. The number of para-hydroxylation sites is 1. The molecule has 1 aliphatic heterocycles. The van der Waals surface area contributed by atoms with E-state index in [1.165, 1.54) is 17.1 Å². The smallest absolute Gasteiger partial charge is 0.248 e. The highest BCUT2D eigenvalue weighted by Crippen LogP contribution is 2.39. The van der Waals surface area contributed by atoms with Gasteiger partial charge in [0.15, 0.2) is 0 Å². The number of rotatable bonds is 9. The Morgan fingerprint density at radius 2 is 1.86 bits per heavy atom. The number of carbonyl (C=O) groups is 2. The fraction of sp³-hybridized carbons (Fsp3) is 0.333. The molecule has 4 aromatic rings. The molecular weight excluding hydrogens is 556 g/mol. The predicted octanol–water partition coefficient (Wildman–Crippen LogP) is 4.50. The van der Waals surface area contributed by atoms with E-state index in [1.807, 2.05) is 37.4 Å². The van der Waals surface area contributed by atoms with E-state index >= 15 is 0 Å². The number of likely N-dealkylation sites (N-methyl/N-ethyl adjacent to an activating group) is 2. The van der Waals surface area contributed by atoms with Crippen molar-refractivity contribution in [2.75, 3.05) is 63.9 Å². The fourth-order valence-corrected chi connectivity index (χ4v) is 5.50. The minimum Gasteiger partial charge on any atom is -0.494 e. The van der Waals surface area contributed by atoms with Crippen molar-refractivity contribution < 1.29 is 14.3 Å². The molecule has 2 aromatic heterocycles. The molecule has 1 unspecified atom stereocenters. The highest BCUT2D eigenvalue weighted by molar-refractivity contribution is 6.05. The molecule has 1 saturated heterocycles. The van der Waals surface area contributed by atoms with Crippen molar-refractivity contribution in [1.82, 2.24) is 24.3 Å². The number of nitrogens with zero attached hydrogens (tertiary/aromatic N) is 6. The number of piperidine rings is 1. The molecule has 230 valence electrons. The normalized spacial score (nSPS) is 15.2. The molecule has 11 heteroatoms. The summed E-state index contributed by atoms with van der Waals surface area (Å²) in [6.07, 6.45) is 8.41. The minimum atomic E-state index is -0.409. The summed E-state index contributed by atoms with van der Waals surface area (Å²) in [5.74, 6) is 0.293. The van der Waals surface area contributed by atoms with Crippen LogP contribution in [0.15, 0.2) is 67.0 Å². The summed E-state index contributed by atoms with van der Waals surface area (Å²) >= 11 is 0. The Bertz CT molecular complexity index is 1690. The fourth-order valence-electron chi connectivity index (χ4n) is 5.50. The molecule has 0 aliphatic carbocycles. The van der Waals surface area contributed by atoms with Crippen LogP contribution in [0.1, 0.15) is 12.8 Å². The molecule has 2 aromatic carbocycles. The Balaban J connectivity index is 1.50. The van der Waals surface area contributed by atoms with E-state index in [9.17, 15) is 9.59 Å². The zero-order valence-corrected chi connectivity index (χ0v) is 26.2. The molecule has 2 N–H and O–H groups in total. The van der Waals surface area contributed by atoms with Crippen LogP contribution in [0.3, 0.4) is 0 Å². The Kier molecular flexibility index (Phi) is 9.15. The van der Waals surface area contributed by atoms with Gasteiger partial charge < -0.3 is 34.6 Å². The Labute approximate surface area is 258 Å². The molecule has 0 spiro atoms. The summed E-state index contributed by atoms with van der Waals surface area (Å²) in [6.45, 7) is 1.64. The van der Waals surface area contributed by atoms with Crippen LogP contribution in [0.2, 0.25) is 0 Å². The van der Waals surface area contributed by atoms with Crippen LogP contribution in [0.4, 0.5) is 23.0 Å².